The molecule has 1 N–H and O–H groups in total. The molecule has 0 aliphatic heterocycles. The molecule has 2 heterocycles. The predicted molar refractivity (Wildman–Crippen MR) is 111 cm³/mol. The first-order valence-electron chi connectivity index (χ1n) is 7.86. The maximum absolute atomic E-state index is 12.5. The third kappa shape index (κ3) is 3.58. The molecule has 7 nitrogen and oxygen atoms in total. The Hall–Kier alpha value is -2.56. The van der Waals surface area contributed by atoms with E-state index in [-0.39, 0.29) is 26.8 Å². The van der Waals surface area contributed by atoms with Crippen molar-refractivity contribution in [2.24, 2.45) is 0 Å². The van der Waals surface area contributed by atoms with E-state index in [0.717, 1.165) is 23.7 Å². The van der Waals surface area contributed by atoms with Crippen LogP contribution in [0.2, 0.25) is 0 Å². The summed E-state index contributed by atoms with van der Waals surface area (Å²) in [6.07, 6.45) is 1.12. The smallest absolute Gasteiger partial charge is 0.293 e. The molecule has 142 valence electrons. The lowest BCUT2D eigenvalue weighted by atomic mass is 10.2. The zero-order valence-corrected chi connectivity index (χ0v) is 17.4. The van der Waals surface area contributed by atoms with Crippen LogP contribution < -0.4 is 10.7 Å². The zero-order valence-electron chi connectivity index (χ0n) is 14.2. The van der Waals surface area contributed by atoms with Gasteiger partial charge < -0.3 is 4.42 Å². The number of anilines is 1. The molecule has 0 aliphatic rings. The number of aromatic nitrogens is 1. The normalized spacial score (nSPS) is 11.8. The van der Waals surface area contributed by atoms with E-state index < -0.39 is 15.7 Å². The number of benzene rings is 2. The van der Waals surface area contributed by atoms with E-state index in [4.69, 9.17) is 4.42 Å². The third-order valence-electron chi connectivity index (χ3n) is 3.92. The van der Waals surface area contributed by atoms with Gasteiger partial charge in [0, 0.05) is 16.8 Å². The monoisotopic (exact) mass is 478 g/mol. The highest BCUT2D eigenvalue weighted by Gasteiger charge is 2.16. The summed E-state index contributed by atoms with van der Waals surface area (Å²) in [7, 11) is -3.34. The molecule has 0 spiro atoms. The fourth-order valence-corrected chi connectivity index (χ4v) is 4.55. The van der Waals surface area contributed by atoms with E-state index in [0.29, 0.717) is 20.1 Å². The summed E-state index contributed by atoms with van der Waals surface area (Å²) < 4.78 is 30.2. The lowest BCUT2D eigenvalue weighted by molar-refractivity contribution is 0.0997. The van der Waals surface area contributed by atoms with Crippen LogP contribution in [0.25, 0.3) is 21.2 Å². The van der Waals surface area contributed by atoms with Gasteiger partial charge in [0.2, 0.25) is 0 Å². The summed E-state index contributed by atoms with van der Waals surface area (Å²) >= 11 is 4.42. The summed E-state index contributed by atoms with van der Waals surface area (Å²) in [5.41, 5.74) is 0.506. The van der Waals surface area contributed by atoms with Gasteiger partial charge in [0.1, 0.15) is 5.58 Å². The molecular formula is C18H11BrN2O5S2. The van der Waals surface area contributed by atoms with Gasteiger partial charge in [-0.15, -0.1) is 0 Å². The van der Waals surface area contributed by atoms with Gasteiger partial charge in [-0.05, 0) is 36.4 Å². The van der Waals surface area contributed by atoms with Gasteiger partial charge in [-0.2, -0.15) is 0 Å². The molecule has 2 aromatic carbocycles. The van der Waals surface area contributed by atoms with Crippen LogP contribution in [0, 0.1) is 0 Å². The number of hydrogen-bond donors (Lipinski definition) is 1. The van der Waals surface area contributed by atoms with Crippen molar-refractivity contribution < 1.29 is 17.6 Å². The number of sulfone groups is 1. The molecule has 0 atom stereocenters. The molecular weight excluding hydrogens is 468 g/mol. The van der Waals surface area contributed by atoms with Crippen molar-refractivity contribution >= 4 is 69.3 Å². The minimum absolute atomic E-state index is 0.147. The Bertz CT molecular complexity index is 1420. The summed E-state index contributed by atoms with van der Waals surface area (Å²) in [6, 6.07) is 10.6. The number of nitrogens with zero attached hydrogens (tertiary/aromatic N) is 1. The highest BCUT2D eigenvalue weighted by atomic mass is 79.9. The second kappa shape index (κ2) is 6.80. The molecule has 0 saturated carbocycles. The minimum Gasteiger partial charge on any atom is -0.451 e. The number of thiazole rings is 1. The number of rotatable bonds is 3. The first kappa shape index (κ1) is 18.8. The topological polar surface area (TPSA) is 106 Å². The van der Waals surface area contributed by atoms with E-state index >= 15 is 0 Å². The van der Waals surface area contributed by atoms with Gasteiger partial charge in [0.15, 0.2) is 26.2 Å². The number of carbonyl (C=O) groups excluding carboxylic acids is 1. The lowest BCUT2D eigenvalue weighted by Crippen LogP contribution is -2.14. The van der Waals surface area contributed by atoms with Crippen LogP contribution in [-0.2, 0) is 9.84 Å². The molecule has 10 heteroatoms. The van der Waals surface area contributed by atoms with Crippen LogP contribution in [0.3, 0.4) is 0 Å². The van der Waals surface area contributed by atoms with Gasteiger partial charge in [0.25, 0.3) is 5.91 Å². The Balaban J connectivity index is 1.68. The summed E-state index contributed by atoms with van der Waals surface area (Å²) in [5, 5.41) is 3.22. The summed E-state index contributed by atoms with van der Waals surface area (Å²) in [4.78, 5) is 29.2. The average Bonchev–Trinajstić information content (AvgIpc) is 3.01. The van der Waals surface area contributed by atoms with E-state index in [1.807, 2.05) is 0 Å². The van der Waals surface area contributed by atoms with E-state index in [1.54, 1.807) is 24.3 Å². The molecule has 0 bridgehead atoms. The van der Waals surface area contributed by atoms with Gasteiger partial charge in [0.05, 0.1) is 20.5 Å². The van der Waals surface area contributed by atoms with Crippen LogP contribution in [0.15, 0.2) is 61.0 Å². The number of fused-ring (bicyclic) bond motifs is 2. The van der Waals surface area contributed by atoms with E-state index in [9.17, 15) is 18.0 Å². The fraction of sp³-hybridized carbons (Fsp3) is 0.0556. The first-order valence-corrected chi connectivity index (χ1v) is 11.4. The minimum atomic E-state index is -3.34. The second-order valence-corrected chi connectivity index (χ2v) is 9.95. The second-order valence-electron chi connectivity index (χ2n) is 5.99. The SMILES string of the molecule is CS(=O)(=O)c1ccc2nc(NC(=O)c3cc(=O)c4ccc(Br)cc4o3)sc2c1. The maximum atomic E-state index is 12.5. The Morgan fingerprint density at radius 2 is 1.96 bits per heavy atom. The largest absolute Gasteiger partial charge is 0.451 e. The van der Waals surface area contributed by atoms with Crippen LogP contribution >= 0.6 is 27.3 Å². The van der Waals surface area contributed by atoms with Crippen molar-refractivity contribution in [2.75, 3.05) is 11.6 Å². The predicted octanol–water partition coefficient (Wildman–Crippen LogP) is 3.82. The standard InChI is InChI=1S/C18H11BrN2O5S2/c1-28(24,25)10-3-5-12-16(7-10)27-18(20-12)21-17(23)15-8-13(22)11-4-2-9(19)6-14(11)26-15/h2-8H,1H3,(H,20,21,23). The van der Waals surface area contributed by atoms with Gasteiger partial charge in [-0.25, -0.2) is 13.4 Å². The van der Waals surface area contributed by atoms with Gasteiger partial charge >= 0.3 is 0 Å². The lowest BCUT2D eigenvalue weighted by Gasteiger charge is -2.03. The molecule has 0 unspecified atom stereocenters. The van der Waals surface area contributed by atoms with Crippen LogP contribution in [0.5, 0.6) is 0 Å². The Morgan fingerprint density at radius 1 is 1.18 bits per heavy atom. The average molecular weight is 479 g/mol. The molecule has 0 fully saturated rings. The first-order chi connectivity index (χ1) is 13.2. The van der Waals surface area contributed by atoms with Crippen LogP contribution in [-0.4, -0.2) is 25.6 Å². The molecule has 0 radical (unpaired) electrons. The van der Waals surface area contributed by atoms with E-state index in [1.165, 1.54) is 12.1 Å². The Labute approximate surface area is 171 Å². The summed E-state index contributed by atoms with van der Waals surface area (Å²) in [6.45, 7) is 0. The Kier molecular flexibility index (Phi) is 4.56. The molecule has 4 rings (SSSR count). The number of carbonyl (C=O) groups is 1. The number of nitrogens with one attached hydrogen (secondary N) is 1. The quantitative estimate of drug-likeness (QED) is 0.479. The van der Waals surface area contributed by atoms with Crippen molar-refractivity contribution in [1.29, 1.82) is 0 Å². The fourth-order valence-electron chi connectivity index (χ4n) is 2.59. The molecule has 4 aromatic rings. The highest BCUT2D eigenvalue weighted by molar-refractivity contribution is 9.10. The van der Waals surface area contributed by atoms with Crippen molar-refractivity contribution in [1.82, 2.24) is 4.98 Å². The van der Waals surface area contributed by atoms with Crippen molar-refractivity contribution in [3.05, 3.63) is 62.9 Å². The van der Waals surface area contributed by atoms with Crippen molar-refractivity contribution in [3.8, 4) is 0 Å². The molecule has 1 amide bonds. The Morgan fingerprint density at radius 3 is 2.71 bits per heavy atom. The number of hydrogen-bond acceptors (Lipinski definition) is 7. The van der Waals surface area contributed by atoms with E-state index in [2.05, 4.69) is 26.2 Å². The van der Waals surface area contributed by atoms with Crippen LogP contribution in [0.4, 0.5) is 5.13 Å². The van der Waals surface area contributed by atoms with Crippen LogP contribution in [0.1, 0.15) is 10.6 Å². The van der Waals surface area contributed by atoms with Gasteiger partial charge in [-0.1, -0.05) is 27.3 Å². The molecule has 0 aliphatic carbocycles. The van der Waals surface area contributed by atoms with Gasteiger partial charge in [-0.3, -0.25) is 14.9 Å². The highest BCUT2D eigenvalue weighted by Crippen LogP contribution is 2.28. The van der Waals surface area contributed by atoms with Crippen molar-refractivity contribution in [2.45, 2.75) is 4.90 Å². The zero-order chi connectivity index (χ0) is 20.1. The molecule has 0 saturated heterocycles. The molecule has 28 heavy (non-hydrogen) atoms. The maximum Gasteiger partial charge on any atom is 0.293 e. The number of halogens is 1. The number of amides is 1. The molecule has 2 aromatic heterocycles. The summed E-state index contributed by atoms with van der Waals surface area (Å²) in [5.74, 6) is -0.770. The third-order valence-corrected chi connectivity index (χ3v) is 6.46. The van der Waals surface area contributed by atoms with Crippen molar-refractivity contribution in [3.63, 3.8) is 0 Å².